The van der Waals surface area contributed by atoms with Crippen LogP contribution in [-0.2, 0) is 19.6 Å². The van der Waals surface area contributed by atoms with Crippen LogP contribution in [0.1, 0.15) is 36.9 Å². The number of carboxylic acid groups (broad SMARTS) is 1. The Balaban J connectivity index is 0.000000505. The maximum Gasteiger partial charge on any atom is 0.490 e. The number of aromatic nitrogens is 3. The summed E-state index contributed by atoms with van der Waals surface area (Å²) in [4.78, 5) is 34.5. The molecule has 15 heteroatoms. The van der Waals surface area contributed by atoms with Gasteiger partial charge in [-0.05, 0) is 49.9 Å². The fourth-order valence-electron chi connectivity index (χ4n) is 3.69. The minimum absolute atomic E-state index is 0.0130. The standard InChI is InChI=1S/C21H23N5O3S2.C2HF3O2/c1-13-7-8-16(11-17(13)31(28,29)26-18-9-10-22-12-23-18)19-14(2)24-21(30-19)25-20(27)15-5-3-4-6-15;3-2(4,5)1(6)7/h7-12,15H,3-6H2,1-2H3,(H,22,23,26)(H,24,25,27);(H,6,7). The third-order valence-corrected chi connectivity index (χ3v) is 8.17. The van der Waals surface area contributed by atoms with Gasteiger partial charge in [0.15, 0.2) is 5.13 Å². The number of nitrogens with zero attached hydrogens (tertiary/aromatic N) is 3. The summed E-state index contributed by atoms with van der Waals surface area (Å²) in [5.74, 6) is -2.49. The van der Waals surface area contributed by atoms with E-state index in [0.29, 0.717) is 10.7 Å². The van der Waals surface area contributed by atoms with Crippen LogP contribution in [0.3, 0.4) is 0 Å². The molecule has 0 radical (unpaired) electrons. The van der Waals surface area contributed by atoms with Crippen molar-refractivity contribution in [2.75, 3.05) is 10.0 Å². The van der Waals surface area contributed by atoms with E-state index in [4.69, 9.17) is 9.90 Å². The van der Waals surface area contributed by atoms with E-state index in [1.54, 1.807) is 19.1 Å². The SMILES string of the molecule is Cc1ccc(-c2sc(NC(=O)C3CCCC3)nc2C)cc1S(=O)(=O)Nc1ccncn1.O=C(O)C(F)(F)F. The predicted octanol–water partition coefficient (Wildman–Crippen LogP) is 4.78. The van der Waals surface area contributed by atoms with Crippen molar-refractivity contribution in [3.05, 3.63) is 48.0 Å². The first-order chi connectivity index (χ1) is 17.8. The number of hydrogen-bond donors (Lipinski definition) is 3. The fraction of sp³-hybridized carbons (Fsp3) is 0.348. The van der Waals surface area contributed by atoms with Gasteiger partial charge in [0.05, 0.1) is 15.5 Å². The van der Waals surface area contributed by atoms with Crippen molar-refractivity contribution in [2.24, 2.45) is 5.92 Å². The Bertz CT molecular complexity index is 1410. The van der Waals surface area contributed by atoms with Gasteiger partial charge in [-0.15, -0.1) is 0 Å². The van der Waals surface area contributed by atoms with Crippen LogP contribution in [0.2, 0.25) is 0 Å². The third-order valence-electron chi connectivity index (χ3n) is 5.56. The van der Waals surface area contributed by atoms with Gasteiger partial charge < -0.3 is 10.4 Å². The van der Waals surface area contributed by atoms with E-state index in [9.17, 15) is 26.4 Å². The smallest absolute Gasteiger partial charge is 0.475 e. The second-order valence-corrected chi connectivity index (χ2v) is 11.0. The van der Waals surface area contributed by atoms with E-state index in [1.807, 2.05) is 13.0 Å². The number of carbonyl (C=O) groups is 2. The molecular weight excluding hydrogens is 547 g/mol. The van der Waals surface area contributed by atoms with Crippen molar-refractivity contribution in [1.82, 2.24) is 15.0 Å². The molecule has 2 aromatic heterocycles. The molecule has 1 saturated carbocycles. The van der Waals surface area contributed by atoms with Crippen molar-refractivity contribution in [3.63, 3.8) is 0 Å². The number of aliphatic carboxylic acids is 1. The summed E-state index contributed by atoms with van der Waals surface area (Å²) in [6.45, 7) is 3.59. The zero-order valence-electron chi connectivity index (χ0n) is 20.2. The van der Waals surface area contributed by atoms with Gasteiger partial charge in [-0.25, -0.2) is 28.2 Å². The Morgan fingerprint density at radius 3 is 2.37 bits per heavy atom. The quantitative estimate of drug-likeness (QED) is 0.382. The zero-order valence-corrected chi connectivity index (χ0v) is 21.9. The van der Waals surface area contributed by atoms with Gasteiger partial charge in [-0.2, -0.15) is 13.2 Å². The van der Waals surface area contributed by atoms with Crippen LogP contribution in [0.15, 0.2) is 41.7 Å². The lowest BCUT2D eigenvalue weighted by Gasteiger charge is -2.11. The maximum atomic E-state index is 12.9. The van der Waals surface area contributed by atoms with Crippen LogP contribution in [-0.4, -0.2) is 46.5 Å². The van der Waals surface area contributed by atoms with Gasteiger partial charge in [-0.3, -0.25) is 9.52 Å². The molecule has 0 bridgehead atoms. The summed E-state index contributed by atoms with van der Waals surface area (Å²) < 4.78 is 60.1. The average molecular weight is 572 g/mol. The molecule has 1 fully saturated rings. The highest BCUT2D eigenvalue weighted by molar-refractivity contribution is 7.92. The number of alkyl halides is 3. The number of amides is 1. The lowest BCUT2D eigenvalue weighted by molar-refractivity contribution is -0.192. The van der Waals surface area contributed by atoms with Gasteiger partial charge in [0, 0.05) is 12.1 Å². The number of carbonyl (C=O) groups excluding carboxylic acids is 1. The van der Waals surface area contributed by atoms with Crippen LogP contribution >= 0.6 is 11.3 Å². The first kappa shape index (κ1) is 29.0. The number of thiazole rings is 1. The molecule has 3 aromatic rings. The van der Waals surface area contributed by atoms with Crippen molar-refractivity contribution < 1.29 is 36.3 Å². The van der Waals surface area contributed by atoms with E-state index in [2.05, 4.69) is 25.0 Å². The number of carboxylic acids is 1. The van der Waals surface area contributed by atoms with E-state index < -0.39 is 22.2 Å². The predicted molar refractivity (Wildman–Crippen MR) is 134 cm³/mol. The van der Waals surface area contributed by atoms with Crippen molar-refractivity contribution in [3.8, 4) is 10.4 Å². The number of anilines is 2. The lowest BCUT2D eigenvalue weighted by Crippen LogP contribution is -2.21. The second-order valence-electron chi connectivity index (χ2n) is 8.39. The van der Waals surface area contributed by atoms with Crippen LogP contribution in [0.4, 0.5) is 24.1 Å². The first-order valence-corrected chi connectivity index (χ1v) is 13.6. The normalized spacial score (nSPS) is 13.9. The van der Waals surface area contributed by atoms with Crippen LogP contribution in [0.25, 0.3) is 10.4 Å². The number of benzene rings is 1. The molecule has 1 aliphatic rings. The molecule has 4 rings (SSSR count). The molecule has 2 heterocycles. The van der Waals surface area contributed by atoms with Crippen molar-refractivity contribution >= 4 is 44.2 Å². The Morgan fingerprint density at radius 2 is 1.79 bits per heavy atom. The minimum atomic E-state index is -5.08. The number of nitrogens with one attached hydrogen (secondary N) is 2. The molecule has 0 spiro atoms. The molecule has 38 heavy (non-hydrogen) atoms. The summed E-state index contributed by atoms with van der Waals surface area (Å²) in [7, 11) is -3.84. The van der Waals surface area contributed by atoms with Gasteiger partial charge in [0.1, 0.15) is 12.1 Å². The Morgan fingerprint density at radius 1 is 1.13 bits per heavy atom. The Labute approximate surface area is 220 Å². The molecule has 0 atom stereocenters. The average Bonchev–Trinajstić information content (AvgIpc) is 3.50. The molecule has 0 saturated heterocycles. The summed E-state index contributed by atoms with van der Waals surface area (Å²) in [5.41, 5.74) is 2.08. The molecule has 1 aromatic carbocycles. The van der Waals surface area contributed by atoms with Crippen LogP contribution in [0, 0.1) is 19.8 Å². The van der Waals surface area contributed by atoms with Gasteiger partial charge in [0.2, 0.25) is 5.91 Å². The van der Waals surface area contributed by atoms with Crippen LogP contribution in [0.5, 0.6) is 0 Å². The van der Waals surface area contributed by atoms with Crippen molar-refractivity contribution in [2.45, 2.75) is 50.6 Å². The molecule has 10 nitrogen and oxygen atoms in total. The number of hydrogen-bond acceptors (Lipinski definition) is 8. The minimum Gasteiger partial charge on any atom is -0.475 e. The third kappa shape index (κ3) is 7.47. The van der Waals surface area contributed by atoms with Gasteiger partial charge in [0.25, 0.3) is 10.0 Å². The van der Waals surface area contributed by atoms with Crippen LogP contribution < -0.4 is 10.0 Å². The van der Waals surface area contributed by atoms with E-state index in [0.717, 1.165) is 41.8 Å². The highest BCUT2D eigenvalue weighted by atomic mass is 32.2. The van der Waals surface area contributed by atoms with E-state index in [1.165, 1.54) is 29.9 Å². The lowest BCUT2D eigenvalue weighted by atomic mass is 10.1. The van der Waals surface area contributed by atoms with E-state index in [-0.39, 0.29) is 22.5 Å². The monoisotopic (exact) mass is 571 g/mol. The summed E-state index contributed by atoms with van der Waals surface area (Å²) in [6, 6.07) is 6.74. The molecular formula is C23H24F3N5O5S2. The Hall–Kier alpha value is -3.59. The summed E-state index contributed by atoms with van der Waals surface area (Å²) in [6.07, 6.45) is 1.68. The molecule has 0 unspecified atom stereocenters. The number of halogens is 3. The second kappa shape index (κ2) is 11.9. The van der Waals surface area contributed by atoms with Gasteiger partial charge >= 0.3 is 12.1 Å². The summed E-state index contributed by atoms with van der Waals surface area (Å²) >= 11 is 1.35. The first-order valence-electron chi connectivity index (χ1n) is 11.3. The molecule has 1 amide bonds. The summed E-state index contributed by atoms with van der Waals surface area (Å²) in [5, 5.41) is 10.6. The van der Waals surface area contributed by atoms with Crippen molar-refractivity contribution in [1.29, 1.82) is 0 Å². The highest BCUT2D eigenvalue weighted by Crippen LogP contribution is 2.35. The van der Waals surface area contributed by atoms with Gasteiger partial charge in [-0.1, -0.05) is 36.3 Å². The largest absolute Gasteiger partial charge is 0.490 e. The molecule has 3 N–H and O–H groups in total. The maximum absolute atomic E-state index is 12.9. The molecule has 0 aliphatic heterocycles. The zero-order chi connectivity index (χ0) is 28.1. The number of rotatable bonds is 6. The highest BCUT2D eigenvalue weighted by Gasteiger charge is 2.38. The number of sulfonamides is 1. The number of aryl methyl sites for hydroxylation is 2. The van der Waals surface area contributed by atoms with E-state index >= 15 is 0 Å². The Kier molecular flexibility index (Phi) is 9.04. The molecule has 204 valence electrons. The fourth-order valence-corrected chi connectivity index (χ4v) is 5.93. The molecule has 1 aliphatic carbocycles. The topological polar surface area (TPSA) is 151 Å².